The Morgan fingerprint density at radius 2 is 1.61 bits per heavy atom. The highest BCUT2D eigenvalue weighted by Crippen LogP contribution is 2.35. The van der Waals surface area contributed by atoms with Crippen LogP contribution in [0.15, 0.2) is 35.2 Å². The molecule has 1 atom stereocenters. The third-order valence-electron chi connectivity index (χ3n) is 5.52. The number of Topliss-reactive ketones (excluding diaryl/α,β-unsaturated/α-hetero) is 1. The molecule has 0 unspecified atom stereocenters. The fourth-order valence-electron chi connectivity index (χ4n) is 3.49. The average molecular weight is 521 g/mol. The molecule has 0 aliphatic rings. The Morgan fingerprint density at radius 3 is 2.08 bits per heavy atom. The Kier molecular flexibility index (Phi) is 8.94. The van der Waals surface area contributed by atoms with Gasteiger partial charge in [-0.3, -0.25) is 14.4 Å². The predicted molar refractivity (Wildman–Crippen MR) is 129 cm³/mol. The van der Waals surface area contributed by atoms with Crippen LogP contribution in [0.4, 0.5) is 0 Å². The van der Waals surface area contributed by atoms with E-state index in [2.05, 4.69) is 10.0 Å². The van der Waals surface area contributed by atoms with Gasteiger partial charge in [-0.15, -0.1) is 0 Å². The SMILES string of the molecule is CC(=O)[C@H](CC(=O)O)NC(=O)c1ccc(CNS(=O)(=O)c2cc(C(C)C)c(O)c(C(=O)O)c2C)cc1. The molecule has 0 heterocycles. The lowest BCUT2D eigenvalue weighted by Gasteiger charge is -2.17. The van der Waals surface area contributed by atoms with E-state index in [1.807, 2.05) is 0 Å². The predicted octanol–water partition coefficient (Wildman–Crippen LogP) is 2.16. The van der Waals surface area contributed by atoms with Crippen molar-refractivity contribution < 1.29 is 42.9 Å². The highest BCUT2D eigenvalue weighted by atomic mass is 32.2. The van der Waals surface area contributed by atoms with Crippen LogP contribution in [-0.2, 0) is 26.2 Å². The maximum atomic E-state index is 13.0. The molecular formula is C24H28N2O9S. The number of carboxylic acid groups (broad SMARTS) is 2. The molecule has 194 valence electrons. The quantitative estimate of drug-likeness (QED) is 0.296. The fraction of sp³-hybridized carbons (Fsp3) is 0.333. The van der Waals surface area contributed by atoms with Gasteiger partial charge >= 0.3 is 11.9 Å². The van der Waals surface area contributed by atoms with E-state index in [0.29, 0.717) is 5.56 Å². The number of carboxylic acids is 2. The number of carbonyl (C=O) groups excluding carboxylic acids is 2. The minimum Gasteiger partial charge on any atom is -0.507 e. The summed E-state index contributed by atoms with van der Waals surface area (Å²) in [5, 5.41) is 31.0. The van der Waals surface area contributed by atoms with Crippen LogP contribution in [0.2, 0.25) is 0 Å². The number of ketones is 1. The topological polar surface area (TPSA) is 187 Å². The first-order valence-corrected chi connectivity index (χ1v) is 12.4. The lowest BCUT2D eigenvalue weighted by molar-refractivity contribution is -0.139. The molecule has 2 rings (SSSR count). The number of amides is 1. The Labute approximate surface area is 208 Å². The molecule has 0 saturated carbocycles. The molecule has 11 nitrogen and oxygen atoms in total. The normalized spacial score (nSPS) is 12.2. The summed E-state index contributed by atoms with van der Waals surface area (Å²) < 4.78 is 28.4. The van der Waals surface area contributed by atoms with Crippen molar-refractivity contribution in [2.45, 2.75) is 57.5 Å². The summed E-state index contributed by atoms with van der Waals surface area (Å²) in [6.07, 6.45) is -0.556. The van der Waals surface area contributed by atoms with Gasteiger partial charge in [-0.05, 0) is 54.7 Å². The van der Waals surface area contributed by atoms with E-state index in [-0.39, 0.29) is 34.0 Å². The molecule has 0 bridgehead atoms. The van der Waals surface area contributed by atoms with Crippen molar-refractivity contribution in [3.8, 4) is 5.75 Å². The van der Waals surface area contributed by atoms with Gasteiger partial charge in [0.05, 0.1) is 17.4 Å². The van der Waals surface area contributed by atoms with E-state index >= 15 is 0 Å². The first kappa shape index (κ1) is 28.5. The second-order valence-electron chi connectivity index (χ2n) is 8.53. The molecular weight excluding hydrogens is 492 g/mol. The minimum absolute atomic E-state index is 0.106. The van der Waals surface area contributed by atoms with Crippen molar-refractivity contribution in [3.63, 3.8) is 0 Å². The first-order valence-electron chi connectivity index (χ1n) is 10.9. The summed E-state index contributed by atoms with van der Waals surface area (Å²) in [4.78, 5) is 46.2. The number of benzene rings is 2. The highest BCUT2D eigenvalue weighted by Gasteiger charge is 2.27. The molecule has 2 aromatic rings. The zero-order valence-corrected chi connectivity index (χ0v) is 21.0. The van der Waals surface area contributed by atoms with Gasteiger partial charge < -0.3 is 20.6 Å². The van der Waals surface area contributed by atoms with E-state index in [1.165, 1.54) is 44.2 Å². The van der Waals surface area contributed by atoms with Gasteiger partial charge in [-0.1, -0.05) is 26.0 Å². The van der Waals surface area contributed by atoms with Crippen LogP contribution in [0.1, 0.15) is 70.5 Å². The van der Waals surface area contributed by atoms with E-state index in [9.17, 15) is 37.8 Å². The molecule has 12 heteroatoms. The van der Waals surface area contributed by atoms with Crippen molar-refractivity contribution in [1.29, 1.82) is 0 Å². The lowest BCUT2D eigenvalue weighted by Crippen LogP contribution is -2.41. The highest BCUT2D eigenvalue weighted by molar-refractivity contribution is 7.89. The summed E-state index contributed by atoms with van der Waals surface area (Å²) in [5.41, 5.74) is 0.206. The van der Waals surface area contributed by atoms with E-state index in [0.717, 1.165) is 0 Å². The second kappa shape index (κ2) is 11.3. The van der Waals surface area contributed by atoms with E-state index in [4.69, 9.17) is 5.11 Å². The maximum Gasteiger partial charge on any atom is 0.339 e. The average Bonchev–Trinajstić information content (AvgIpc) is 2.76. The van der Waals surface area contributed by atoms with Gasteiger partial charge in [0, 0.05) is 12.1 Å². The number of phenols is 1. The second-order valence-corrected chi connectivity index (χ2v) is 10.3. The van der Waals surface area contributed by atoms with Crippen molar-refractivity contribution in [3.05, 3.63) is 58.1 Å². The number of carbonyl (C=O) groups is 4. The van der Waals surface area contributed by atoms with Gasteiger partial charge in [0.25, 0.3) is 5.91 Å². The maximum absolute atomic E-state index is 13.0. The monoisotopic (exact) mass is 520 g/mol. The van der Waals surface area contributed by atoms with Gasteiger partial charge in [-0.25, -0.2) is 17.9 Å². The molecule has 0 aliphatic carbocycles. The Bertz CT molecular complexity index is 1300. The molecule has 0 saturated heterocycles. The van der Waals surface area contributed by atoms with Crippen molar-refractivity contribution >= 4 is 33.7 Å². The zero-order chi connectivity index (χ0) is 27.4. The van der Waals surface area contributed by atoms with Crippen LogP contribution >= 0.6 is 0 Å². The summed E-state index contributed by atoms with van der Waals surface area (Å²) in [6.45, 7) is 5.67. The number of hydrogen-bond donors (Lipinski definition) is 5. The largest absolute Gasteiger partial charge is 0.507 e. The fourth-order valence-corrected chi connectivity index (χ4v) is 4.79. The van der Waals surface area contributed by atoms with Gasteiger partial charge in [0.2, 0.25) is 10.0 Å². The molecule has 2 aromatic carbocycles. The number of sulfonamides is 1. The molecule has 5 N–H and O–H groups in total. The smallest absolute Gasteiger partial charge is 0.339 e. The van der Waals surface area contributed by atoms with E-state index in [1.54, 1.807) is 13.8 Å². The molecule has 0 aromatic heterocycles. The van der Waals surface area contributed by atoms with Gasteiger partial charge in [0.15, 0.2) is 5.78 Å². The third kappa shape index (κ3) is 6.67. The number of nitrogens with one attached hydrogen (secondary N) is 2. The number of hydrogen-bond acceptors (Lipinski definition) is 7. The molecule has 1 amide bonds. The Hall–Kier alpha value is -3.77. The number of rotatable bonds is 11. The van der Waals surface area contributed by atoms with Crippen molar-refractivity contribution in [2.24, 2.45) is 0 Å². The van der Waals surface area contributed by atoms with Gasteiger partial charge in [-0.2, -0.15) is 0 Å². The van der Waals surface area contributed by atoms with Crippen molar-refractivity contribution in [2.75, 3.05) is 0 Å². The number of aromatic hydroxyl groups is 1. The van der Waals surface area contributed by atoms with Crippen LogP contribution in [0.3, 0.4) is 0 Å². The first-order chi connectivity index (χ1) is 16.7. The molecule has 0 aliphatic heterocycles. The molecule has 0 spiro atoms. The van der Waals surface area contributed by atoms with Crippen molar-refractivity contribution in [1.82, 2.24) is 10.0 Å². The van der Waals surface area contributed by atoms with E-state index < -0.39 is 57.4 Å². The number of aliphatic carboxylic acids is 1. The Morgan fingerprint density at radius 1 is 1.03 bits per heavy atom. The van der Waals surface area contributed by atoms with Crippen LogP contribution in [-0.4, -0.2) is 53.4 Å². The lowest BCUT2D eigenvalue weighted by atomic mass is 9.96. The van der Waals surface area contributed by atoms with Crippen LogP contribution in [0.5, 0.6) is 5.75 Å². The Balaban J connectivity index is 2.23. The summed E-state index contributed by atoms with van der Waals surface area (Å²) in [7, 11) is -4.18. The third-order valence-corrected chi connectivity index (χ3v) is 7.05. The molecule has 0 fully saturated rings. The van der Waals surface area contributed by atoms with Crippen LogP contribution < -0.4 is 10.0 Å². The molecule has 36 heavy (non-hydrogen) atoms. The van der Waals surface area contributed by atoms with Crippen LogP contribution in [0, 0.1) is 6.92 Å². The van der Waals surface area contributed by atoms with Crippen LogP contribution in [0.25, 0.3) is 0 Å². The van der Waals surface area contributed by atoms with Gasteiger partial charge in [0.1, 0.15) is 11.3 Å². The summed E-state index contributed by atoms with van der Waals surface area (Å²) in [5.74, 6) is -4.67. The summed E-state index contributed by atoms with van der Waals surface area (Å²) in [6, 6.07) is 5.80. The number of aromatic carboxylic acids is 1. The zero-order valence-electron chi connectivity index (χ0n) is 20.2. The summed E-state index contributed by atoms with van der Waals surface area (Å²) >= 11 is 0. The molecule has 0 radical (unpaired) electrons. The standard InChI is InChI=1S/C24H28N2O9S/c1-12(2)17-9-19(13(3)21(22(17)30)24(32)33)36(34,35)25-11-15-5-7-16(8-6-15)23(31)26-18(14(4)27)10-20(28)29/h5-9,12,18,25,30H,10-11H2,1-4H3,(H,26,31)(H,28,29)(H,32,33)/t18-/m0/s1. The minimum atomic E-state index is -4.18.